The fourth-order valence-corrected chi connectivity index (χ4v) is 2.82. The summed E-state index contributed by atoms with van der Waals surface area (Å²) < 4.78 is 1.84. The Labute approximate surface area is 95.9 Å². The van der Waals surface area contributed by atoms with Crippen LogP contribution in [0.5, 0.6) is 0 Å². The van der Waals surface area contributed by atoms with E-state index in [0.29, 0.717) is 24.4 Å². The Hall–Kier alpha value is -1.40. The first-order valence-electron chi connectivity index (χ1n) is 5.14. The number of imidazole rings is 1. The normalized spacial score (nSPS) is 20.8. The van der Waals surface area contributed by atoms with Crippen molar-refractivity contribution in [2.45, 2.75) is 12.5 Å². The number of fused-ring (bicyclic) bond motifs is 1. The largest absolute Gasteiger partial charge is 0.391 e. The average molecular weight is 237 g/mol. The quantitative estimate of drug-likeness (QED) is 0.790. The van der Waals surface area contributed by atoms with Crippen LogP contribution in [0.4, 0.5) is 0 Å². The molecule has 0 aromatic carbocycles. The molecule has 1 saturated heterocycles. The van der Waals surface area contributed by atoms with Crippen LogP contribution in [0.15, 0.2) is 18.6 Å². The van der Waals surface area contributed by atoms with Crippen LogP contribution in [-0.4, -0.2) is 44.5 Å². The molecule has 0 spiro atoms. The molecule has 0 unspecified atom stereocenters. The van der Waals surface area contributed by atoms with E-state index >= 15 is 0 Å². The lowest BCUT2D eigenvalue weighted by Gasteiger charge is -2.13. The lowest BCUT2D eigenvalue weighted by molar-refractivity contribution is 0.0769. The Morgan fingerprint density at radius 3 is 3.19 bits per heavy atom. The SMILES string of the molecule is O=C(c1cn2ccnc2s1)N1CC[C@H](O)C1. The van der Waals surface area contributed by atoms with Crippen molar-refractivity contribution in [3.8, 4) is 0 Å². The Kier molecular flexibility index (Phi) is 2.19. The van der Waals surface area contributed by atoms with E-state index in [2.05, 4.69) is 4.98 Å². The molecule has 3 rings (SSSR count). The first-order valence-corrected chi connectivity index (χ1v) is 5.95. The first kappa shape index (κ1) is 9.80. The van der Waals surface area contributed by atoms with Gasteiger partial charge in [-0.05, 0) is 6.42 Å². The van der Waals surface area contributed by atoms with E-state index in [4.69, 9.17) is 0 Å². The number of hydrogen-bond donors (Lipinski definition) is 1. The second-order valence-electron chi connectivity index (χ2n) is 3.91. The summed E-state index contributed by atoms with van der Waals surface area (Å²) in [5.74, 6) is -0.00736. The van der Waals surface area contributed by atoms with Gasteiger partial charge in [0.05, 0.1) is 6.10 Å². The Balaban J connectivity index is 1.87. The predicted octanol–water partition coefficient (Wildman–Crippen LogP) is 0.603. The summed E-state index contributed by atoms with van der Waals surface area (Å²) in [5, 5.41) is 9.39. The first-order chi connectivity index (χ1) is 7.74. The molecule has 0 aliphatic carbocycles. The zero-order valence-corrected chi connectivity index (χ0v) is 9.35. The molecule has 16 heavy (non-hydrogen) atoms. The summed E-state index contributed by atoms with van der Waals surface area (Å²) in [4.78, 5) is 19.4. The molecule has 5 nitrogen and oxygen atoms in total. The molecule has 6 heteroatoms. The van der Waals surface area contributed by atoms with Gasteiger partial charge < -0.3 is 10.0 Å². The van der Waals surface area contributed by atoms with Gasteiger partial charge in [-0.25, -0.2) is 4.98 Å². The third-order valence-corrected chi connectivity index (χ3v) is 3.75. The molecule has 0 radical (unpaired) electrons. The number of aliphatic hydroxyl groups is 1. The van der Waals surface area contributed by atoms with Gasteiger partial charge in [0.1, 0.15) is 4.88 Å². The molecule has 2 aromatic heterocycles. The van der Waals surface area contributed by atoms with Crippen molar-refractivity contribution in [2.24, 2.45) is 0 Å². The fourth-order valence-electron chi connectivity index (χ4n) is 1.91. The van der Waals surface area contributed by atoms with E-state index < -0.39 is 0 Å². The van der Waals surface area contributed by atoms with Crippen LogP contribution in [0.3, 0.4) is 0 Å². The smallest absolute Gasteiger partial charge is 0.265 e. The van der Waals surface area contributed by atoms with Crippen molar-refractivity contribution >= 4 is 22.2 Å². The van der Waals surface area contributed by atoms with E-state index in [0.717, 1.165) is 4.96 Å². The lowest BCUT2D eigenvalue weighted by atomic mass is 10.3. The number of aromatic nitrogens is 2. The maximum Gasteiger partial charge on any atom is 0.265 e. The standard InChI is InChI=1S/C10H11N3O2S/c14-7-1-3-12(5-7)9(15)8-6-13-4-2-11-10(13)16-8/h2,4,6-7,14H,1,3,5H2/t7-/m0/s1. The molecule has 1 fully saturated rings. The number of amides is 1. The van der Waals surface area contributed by atoms with Gasteiger partial charge in [-0.3, -0.25) is 9.20 Å². The van der Waals surface area contributed by atoms with Crippen LogP contribution in [0.2, 0.25) is 0 Å². The number of likely N-dealkylation sites (tertiary alicyclic amines) is 1. The number of rotatable bonds is 1. The average Bonchev–Trinajstić information content (AvgIpc) is 2.89. The van der Waals surface area contributed by atoms with Gasteiger partial charge in [0.15, 0.2) is 4.96 Å². The van der Waals surface area contributed by atoms with Gasteiger partial charge in [0.25, 0.3) is 5.91 Å². The number of thiazole rings is 1. The summed E-state index contributed by atoms with van der Waals surface area (Å²) in [7, 11) is 0. The van der Waals surface area contributed by atoms with Gasteiger partial charge in [0.2, 0.25) is 0 Å². The minimum atomic E-state index is -0.368. The van der Waals surface area contributed by atoms with E-state index in [1.165, 1.54) is 11.3 Å². The maximum atomic E-state index is 12.0. The summed E-state index contributed by atoms with van der Waals surface area (Å²) in [6.45, 7) is 1.08. The van der Waals surface area contributed by atoms with Crippen molar-refractivity contribution < 1.29 is 9.90 Å². The zero-order valence-electron chi connectivity index (χ0n) is 8.54. The Morgan fingerprint density at radius 1 is 1.62 bits per heavy atom. The monoisotopic (exact) mass is 237 g/mol. The molecular weight excluding hydrogens is 226 g/mol. The van der Waals surface area contributed by atoms with E-state index in [9.17, 15) is 9.90 Å². The molecule has 0 bridgehead atoms. The molecule has 1 aliphatic heterocycles. The molecule has 0 saturated carbocycles. The summed E-state index contributed by atoms with van der Waals surface area (Å²) >= 11 is 1.38. The number of β-amino-alcohol motifs (C(OH)–C–C–N with tert-alkyl or cyclic N) is 1. The van der Waals surface area contributed by atoms with Gasteiger partial charge in [0, 0.05) is 31.7 Å². The van der Waals surface area contributed by atoms with Crippen LogP contribution in [0.25, 0.3) is 4.96 Å². The second-order valence-corrected chi connectivity index (χ2v) is 4.92. The molecule has 1 aliphatic rings. The molecule has 84 valence electrons. The van der Waals surface area contributed by atoms with E-state index in [1.54, 1.807) is 17.3 Å². The van der Waals surface area contributed by atoms with Gasteiger partial charge in [-0.2, -0.15) is 0 Å². The highest BCUT2D eigenvalue weighted by molar-refractivity contribution is 7.18. The second kappa shape index (κ2) is 3.57. The predicted molar refractivity (Wildman–Crippen MR) is 59.6 cm³/mol. The highest BCUT2D eigenvalue weighted by Crippen LogP contribution is 2.20. The number of nitrogens with zero attached hydrogens (tertiary/aromatic N) is 3. The maximum absolute atomic E-state index is 12.0. The van der Waals surface area contributed by atoms with E-state index in [1.807, 2.05) is 10.6 Å². The third-order valence-electron chi connectivity index (χ3n) is 2.75. The van der Waals surface area contributed by atoms with Crippen LogP contribution >= 0.6 is 11.3 Å². The number of aliphatic hydroxyl groups excluding tert-OH is 1. The van der Waals surface area contributed by atoms with Crippen LogP contribution < -0.4 is 0 Å². The lowest BCUT2D eigenvalue weighted by Crippen LogP contribution is -2.28. The number of carbonyl (C=O) groups excluding carboxylic acids is 1. The molecule has 1 amide bonds. The van der Waals surface area contributed by atoms with Crippen LogP contribution in [0.1, 0.15) is 16.1 Å². The van der Waals surface area contributed by atoms with Crippen LogP contribution in [-0.2, 0) is 0 Å². The van der Waals surface area contributed by atoms with Crippen molar-refractivity contribution in [2.75, 3.05) is 13.1 Å². The zero-order chi connectivity index (χ0) is 11.1. The highest BCUT2D eigenvalue weighted by Gasteiger charge is 2.26. The topological polar surface area (TPSA) is 57.8 Å². The van der Waals surface area contributed by atoms with Crippen molar-refractivity contribution in [1.82, 2.24) is 14.3 Å². The number of carbonyl (C=O) groups is 1. The molecule has 2 aromatic rings. The van der Waals surface area contributed by atoms with Gasteiger partial charge >= 0.3 is 0 Å². The fraction of sp³-hybridized carbons (Fsp3) is 0.400. The van der Waals surface area contributed by atoms with Gasteiger partial charge in [-0.1, -0.05) is 11.3 Å². The highest BCUT2D eigenvalue weighted by atomic mass is 32.1. The van der Waals surface area contributed by atoms with Crippen molar-refractivity contribution in [3.63, 3.8) is 0 Å². The molecule has 1 atom stereocenters. The van der Waals surface area contributed by atoms with Crippen LogP contribution in [0, 0.1) is 0 Å². The summed E-state index contributed by atoms with van der Waals surface area (Å²) in [6.07, 6.45) is 5.63. The van der Waals surface area contributed by atoms with Crippen molar-refractivity contribution in [3.05, 3.63) is 23.5 Å². The van der Waals surface area contributed by atoms with E-state index in [-0.39, 0.29) is 12.0 Å². The minimum Gasteiger partial charge on any atom is -0.391 e. The molecular formula is C10H11N3O2S. The molecule has 3 heterocycles. The number of hydrogen-bond acceptors (Lipinski definition) is 4. The minimum absolute atomic E-state index is 0.00736. The molecule has 1 N–H and O–H groups in total. The summed E-state index contributed by atoms with van der Waals surface area (Å²) in [5.41, 5.74) is 0. The Morgan fingerprint density at radius 2 is 2.50 bits per heavy atom. The van der Waals surface area contributed by atoms with Crippen molar-refractivity contribution in [1.29, 1.82) is 0 Å². The Bertz CT molecular complexity index is 504. The summed E-state index contributed by atoms with van der Waals surface area (Å²) in [6, 6.07) is 0. The van der Waals surface area contributed by atoms with Gasteiger partial charge in [-0.15, -0.1) is 0 Å². The third kappa shape index (κ3) is 1.50.